The van der Waals surface area contributed by atoms with Crippen LogP contribution in [0.5, 0.6) is 0 Å². The number of piperidine rings is 1. The van der Waals surface area contributed by atoms with Crippen LogP contribution in [0.3, 0.4) is 0 Å². The lowest BCUT2D eigenvalue weighted by Gasteiger charge is -2.24. The minimum absolute atomic E-state index is 0. The average molecular weight is 157 g/mol. The molecule has 1 rings (SSSR count). The van der Waals surface area contributed by atoms with Crippen molar-refractivity contribution in [1.29, 1.82) is 0 Å². The number of allylic oxidation sites excluding steroid dienone is 1. The van der Waals surface area contributed by atoms with Gasteiger partial charge >= 0.3 is 0 Å². The summed E-state index contributed by atoms with van der Waals surface area (Å²) in [5.74, 6) is 0.725. The van der Waals surface area contributed by atoms with E-state index >= 15 is 0 Å². The molecule has 0 aromatic rings. The monoisotopic (exact) mass is 157 g/mol. The Morgan fingerprint density at radius 3 is 2.45 bits per heavy atom. The van der Waals surface area contributed by atoms with Crippen LogP contribution in [-0.2, 0) is 5.21 Å². The molecule has 1 fully saturated rings. The Kier molecular flexibility index (Phi) is 5.11. The molecule has 0 spiro atoms. The van der Waals surface area contributed by atoms with Gasteiger partial charge in [-0.3, -0.25) is 0 Å². The Morgan fingerprint density at radius 1 is 1.45 bits per heavy atom. The summed E-state index contributed by atoms with van der Waals surface area (Å²) in [7, 11) is 0. The second-order valence-corrected chi connectivity index (χ2v) is 2.90. The largest absolute Gasteiger partial charge is 0.344 e. The van der Waals surface area contributed by atoms with Crippen molar-refractivity contribution in [2.75, 3.05) is 13.1 Å². The topological polar surface area (TPSA) is 58.1 Å². The van der Waals surface area contributed by atoms with Gasteiger partial charge in [-0.1, -0.05) is 6.08 Å². The Morgan fingerprint density at radius 2 is 2.00 bits per heavy atom. The van der Waals surface area contributed by atoms with Gasteiger partial charge in [0.2, 0.25) is 0 Å². The molecule has 0 aromatic heterocycles. The van der Waals surface area contributed by atoms with E-state index in [0.29, 0.717) is 0 Å². The summed E-state index contributed by atoms with van der Waals surface area (Å²) >= 11 is 0. The van der Waals surface area contributed by atoms with Crippen molar-refractivity contribution in [1.82, 2.24) is 11.2 Å². The predicted octanol–water partition coefficient (Wildman–Crippen LogP) is 1.78. The van der Waals surface area contributed by atoms with E-state index in [4.69, 9.17) is 0 Å². The van der Waals surface area contributed by atoms with Gasteiger partial charge < -0.3 is 6.15 Å². The van der Waals surface area contributed by atoms with Crippen LogP contribution < -0.4 is 6.15 Å². The average Bonchev–Trinajstić information content (AvgIpc) is 1.95. The smallest absolute Gasteiger partial charge is 0.0274 e. The van der Waals surface area contributed by atoms with E-state index < -0.39 is 0 Å². The molecule has 1 radical (unpaired) electrons. The molecule has 3 nitrogen and oxygen atoms in total. The van der Waals surface area contributed by atoms with Gasteiger partial charge in [-0.05, 0) is 25.2 Å². The van der Waals surface area contributed by atoms with Crippen LogP contribution in [0.1, 0.15) is 19.3 Å². The first-order chi connectivity index (χ1) is 4.83. The van der Waals surface area contributed by atoms with Crippen molar-refractivity contribution in [3.63, 3.8) is 0 Å². The highest BCUT2D eigenvalue weighted by Crippen LogP contribution is 2.19. The lowest BCUT2D eigenvalue weighted by Crippen LogP contribution is -2.29. The van der Waals surface area contributed by atoms with Crippen LogP contribution in [-0.4, -0.2) is 18.2 Å². The van der Waals surface area contributed by atoms with Gasteiger partial charge in [0.15, 0.2) is 0 Å². The van der Waals surface area contributed by atoms with E-state index in [9.17, 15) is 5.21 Å². The first kappa shape index (κ1) is 10.6. The molecule has 1 aliphatic heterocycles. The second-order valence-electron chi connectivity index (χ2n) is 2.90. The summed E-state index contributed by atoms with van der Waals surface area (Å²) in [4.78, 5) is 0. The highest BCUT2D eigenvalue weighted by molar-refractivity contribution is 4.76. The van der Waals surface area contributed by atoms with Crippen molar-refractivity contribution in [2.24, 2.45) is 5.92 Å². The summed E-state index contributed by atoms with van der Waals surface area (Å²) in [5.41, 5.74) is 0. The first-order valence-electron chi connectivity index (χ1n) is 3.86. The van der Waals surface area contributed by atoms with Crippen molar-refractivity contribution in [3.05, 3.63) is 12.7 Å². The molecule has 1 saturated heterocycles. The SMILES string of the molecule is C=CCC1CCN([O])CC1.N. The van der Waals surface area contributed by atoms with E-state index in [0.717, 1.165) is 43.3 Å². The number of nitrogens with zero attached hydrogens (tertiary/aromatic N) is 1. The van der Waals surface area contributed by atoms with E-state index in [2.05, 4.69) is 6.58 Å². The van der Waals surface area contributed by atoms with Crippen LogP contribution in [0.4, 0.5) is 0 Å². The molecular weight excluding hydrogens is 140 g/mol. The zero-order chi connectivity index (χ0) is 7.40. The molecule has 3 N–H and O–H groups in total. The Hall–Kier alpha value is -0.380. The van der Waals surface area contributed by atoms with E-state index in [1.54, 1.807) is 0 Å². The molecule has 0 atom stereocenters. The van der Waals surface area contributed by atoms with Crippen LogP contribution in [0, 0.1) is 5.92 Å². The summed E-state index contributed by atoms with van der Waals surface area (Å²) in [5, 5.41) is 11.9. The fraction of sp³-hybridized carbons (Fsp3) is 0.750. The maximum atomic E-state index is 10.7. The third-order valence-electron chi connectivity index (χ3n) is 2.07. The molecule has 0 amide bonds. The molecule has 0 aliphatic carbocycles. The minimum Gasteiger partial charge on any atom is -0.344 e. The highest BCUT2D eigenvalue weighted by atomic mass is 16.5. The first-order valence-corrected chi connectivity index (χ1v) is 3.86. The number of hydrogen-bond acceptors (Lipinski definition) is 2. The predicted molar refractivity (Wildman–Crippen MR) is 44.8 cm³/mol. The van der Waals surface area contributed by atoms with Crippen molar-refractivity contribution in [3.8, 4) is 0 Å². The van der Waals surface area contributed by atoms with Crippen LogP contribution in [0.25, 0.3) is 0 Å². The fourth-order valence-corrected chi connectivity index (χ4v) is 1.38. The van der Waals surface area contributed by atoms with Crippen LogP contribution >= 0.6 is 0 Å². The summed E-state index contributed by atoms with van der Waals surface area (Å²) in [6, 6.07) is 0. The maximum absolute atomic E-state index is 10.7. The molecule has 65 valence electrons. The molecule has 11 heavy (non-hydrogen) atoms. The Balaban J connectivity index is 0.000001000. The van der Waals surface area contributed by atoms with Gasteiger partial charge in [0.1, 0.15) is 0 Å². The highest BCUT2D eigenvalue weighted by Gasteiger charge is 2.16. The molecule has 1 heterocycles. The van der Waals surface area contributed by atoms with Gasteiger partial charge in [0.25, 0.3) is 0 Å². The van der Waals surface area contributed by atoms with E-state index in [1.807, 2.05) is 6.08 Å². The van der Waals surface area contributed by atoms with E-state index in [1.165, 1.54) is 0 Å². The molecule has 0 aromatic carbocycles. The zero-order valence-corrected chi connectivity index (χ0v) is 6.96. The Labute approximate surface area is 68.2 Å². The molecule has 3 heteroatoms. The summed E-state index contributed by atoms with van der Waals surface area (Å²) < 4.78 is 0. The molecular formula is C8H17N2O. The summed E-state index contributed by atoms with van der Waals surface area (Å²) in [6.45, 7) is 5.12. The van der Waals surface area contributed by atoms with Gasteiger partial charge in [-0.15, -0.1) is 11.8 Å². The Bertz CT molecular complexity index is 109. The quantitative estimate of drug-likeness (QED) is 0.621. The fourth-order valence-electron chi connectivity index (χ4n) is 1.38. The second kappa shape index (κ2) is 5.29. The molecule has 1 aliphatic rings. The minimum atomic E-state index is 0. The normalized spacial score (nSPS) is 20.8. The zero-order valence-electron chi connectivity index (χ0n) is 6.96. The lowest BCUT2D eigenvalue weighted by atomic mass is 9.95. The number of hydrogen-bond donors (Lipinski definition) is 1. The number of rotatable bonds is 2. The van der Waals surface area contributed by atoms with Crippen molar-refractivity contribution in [2.45, 2.75) is 19.3 Å². The van der Waals surface area contributed by atoms with Crippen LogP contribution in [0.15, 0.2) is 12.7 Å². The van der Waals surface area contributed by atoms with Gasteiger partial charge in [0.05, 0.1) is 0 Å². The number of hydroxylamine groups is 2. The third kappa shape index (κ3) is 3.51. The van der Waals surface area contributed by atoms with E-state index in [-0.39, 0.29) is 6.15 Å². The van der Waals surface area contributed by atoms with Crippen molar-refractivity contribution >= 4 is 0 Å². The van der Waals surface area contributed by atoms with Gasteiger partial charge in [-0.25, -0.2) is 0 Å². The van der Waals surface area contributed by atoms with Gasteiger partial charge in [-0.2, -0.15) is 5.06 Å². The molecule has 0 saturated carbocycles. The standard InChI is InChI=1S/C8H14NO.H3N/c1-2-3-8-4-6-9(10)7-5-8;/h2,8H,1,3-7H2;1H3. The lowest BCUT2D eigenvalue weighted by molar-refractivity contribution is -0.172. The van der Waals surface area contributed by atoms with Crippen LogP contribution in [0.2, 0.25) is 0 Å². The van der Waals surface area contributed by atoms with Crippen molar-refractivity contribution < 1.29 is 5.21 Å². The summed E-state index contributed by atoms with van der Waals surface area (Å²) in [6.07, 6.45) is 5.13. The molecule has 0 bridgehead atoms. The third-order valence-corrected chi connectivity index (χ3v) is 2.07. The molecule has 0 unspecified atom stereocenters. The van der Waals surface area contributed by atoms with Gasteiger partial charge in [0, 0.05) is 13.1 Å². The maximum Gasteiger partial charge on any atom is 0.0274 e.